The van der Waals surface area contributed by atoms with Crippen LogP contribution in [0.3, 0.4) is 0 Å². The van der Waals surface area contributed by atoms with Gasteiger partial charge in [-0.25, -0.2) is 4.79 Å². The molecule has 1 aromatic carbocycles. The minimum atomic E-state index is -1.12. The van der Waals surface area contributed by atoms with E-state index >= 15 is 0 Å². The third-order valence-electron chi connectivity index (χ3n) is 5.38. The lowest BCUT2D eigenvalue weighted by Gasteiger charge is -2.09. The highest BCUT2D eigenvalue weighted by molar-refractivity contribution is 5.77. The summed E-state index contributed by atoms with van der Waals surface area (Å²) in [6, 6.07) is 7.23. The second-order valence-electron chi connectivity index (χ2n) is 9.17. The van der Waals surface area contributed by atoms with Crippen molar-refractivity contribution < 1.29 is 66.8 Å². The highest BCUT2D eigenvalue weighted by Crippen LogP contribution is 2.12. The van der Waals surface area contributed by atoms with Crippen molar-refractivity contribution in [2.75, 3.05) is 151 Å². The maximum absolute atomic E-state index is 11.4. The zero-order chi connectivity index (χ0) is 33.2. The molecule has 46 heavy (non-hydrogen) atoms. The van der Waals surface area contributed by atoms with Crippen molar-refractivity contribution in [3.05, 3.63) is 24.3 Å². The van der Waals surface area contributed by atoms with Crippen LogP contribution in [-0.2, 0) is 57.0 Å². The molecule has 0 radical (unpaired) electrons. The summed E-state index contributed by atoms with van der Waals surface area (Å²) in [5, 5.41) is 11.0. The number of nitrogen functional groups attached to an aromatic ring is 1. The van der Waals surface area contributed by atoms with Crippen molar-refractivity contribution in [2.45, 2.75) is 0 Å². The Morgan fingerprint density at radius 3 is 1.22 bits per heavy atom. The largest absolute Gasteiger partial charge is 0.491 e. The molecule has 0 aliphatic heterocycles. The van der Waals surface area contributed by atoms with Crippen LogP contribution in [-0.4, -0.2) is 162 Å². The van der Waals surface area contributed by atoms with Crippen LogP contribution in [0.1, 0.15) is 0 Å². The molecule has 0 saturated carbocycles. The van der Waals surface area contributed by atoms with E-state index in [9.17, 15) is 9.59 Å². The molecule has 266 valence electrons. The van der Waals surface area contributed by atoms with Gasteiger partial charge in [-0.15, -0.1) is 0 Å². The number of ether oxygens (including phenoxy) is 11. The fourth-order valence-electron chi connectivity index (χ4n) is 3.19. The minimum absolute atomic E-state index is 0.299. The van der Waals surface area contributed by atoms with Gasteiger partial charge < -0.3 is 68.3 Å². The Balaban J connectivity index is 1.65. The van der Waals surface area contributed by atoms with Gasteiger partial charge in [0.15, 0.2) is 0 Å². The number of nitrogens with two attached hydrogens (primary N) is 1. The first-order chi connectivity index (χ1) is 22.6. The number of anilines is 1. The number of carboxylic acids is 1. The van der Waals surface area contributed by atoms with Crippen LogP contribution >= 0.6 is 0 Å². The molecule has 0 heterocycles. The summed E-state index contributed by atoms with van der Waals surface area (Å²) in [7, 11) is 0. The minimum Gasteiger partial charge on any atom is -0.491 e. The molecule has 0 spiro atoms. The lowest BCUT2D eigenvalue weighted by Crippen LogP contribution is -2.31. The van der Waals surface area contributed by atoms with E-state index in [1.165, 1.54) is 0 Å². The Morgan fingerprint density at radius 2 is 0.848 bits per heavy atom. The van der Waals surface area contributed by atoms with Crippen molar-refractivity contribution in [1.82, 2.24) is 5.32 Å². The molecule has 0 aliphatic rings. The van der Waals surface area contributed by atoms with Gasteiger partial charge in [-0.2, -0.15) is 0 Å². The third-order valence-corrected chi connectivity index (χ3v) is 5.38. The molecule has 1 aromatic rings. The van der Waals surface area contributed by atoms with Gasteiger partial charge in [0.25, 0.3) is 0 Å². The number of benzene rings is 1. The van der Waals surface area contributed by atoms with Crippen LogP contribution in [0.2, 0.25) is 0 Å². The van der Waals surface area contributed by atoms with E-state index in [4.69, 9.17) is 58.2 Å². The summed E-state index contributed by atoms with van der Waals surface area (Å²) in [4.78, 5) is 21.6. The first-order valence-electron chi connectivity index (χ1n) is 15.3. The predicted octanol–water partition coefficient (Wildman–Crippen LogP) is 0.0144. The molecule has 1 rings (SSSR count). The zero-order valence-corrected chi connectivity index (χ0v) is 26.7. The van der Waals surface area contributed by atoms with Gasteiger partial charge in [-0.1, -0.05) is 0 Å². The van der Waals surface area contributed by atoms with Crippen molar-refractivity contribution in [3.8, 4) is 5.75 Å². The van der Waals surface area contributed by atoms with Gasteiger partial charge in [0, 0.05) is 12.2 Å². The van der Waals surface area contributed by atoms with Gasteiger partial charge >= 0.3 is 5.97 Å². The standard InChI is InChI=1S/C30H52N2O14/c31-27-1-3-28(4-2-27)46-24-23-44-22-21-43-20-19-42-18-17-41-16-15-40-14-13-39-12-11-38-10-9-37-8-7-36-6-5-32-29(33)25-45-26-30(34)35/h1-4H,5-26,31H2,(H,32,33)(H,34,35). The normalized spacial score (nSPS) is 11.1. The van der Waals surface area contributed by atoms with Gasteiger partial charge in [0.1, 0.15) is 25.6 Å². The fourth-order valence-corrected chi connectivity index (χ4v) is 3.19. The average Bonchev–Trinajstić information content (AvgIpc) is 3.04. The lowest BCUT2D eigenvalue weighted by atomic mass is 10.3. The number of hydrogen-bond donors (Lipinski definition) is 3. The van der Waals surface area contributed by atoms with Crippen LogP contribution in [0.15, 0.2) is 24.3 Å². The Labute approximate surface area is 270 Å². The number of nitrogens with one attached hydrogen (secondary N) is 1. The molecular formula is C30H52N2O14. The van der Waals surface area contributed by atoms with Crippen LogP contribution in [0.5, 0.6) is 5.75 Å². The first-order valence-corrected chi connectivity index (χ1v) is 15.3. The Hall–Kier alpha value is -2.64. The van der Waals surface area contributed by atoms with E-state index < -0.39 is 18.5 Å². The van der Waals surface area contributed by atoms with Crippen molar-refractivity contribution in [1.29, 1.82) is 0 Å². The Bertz CT molecular complexity index is 834. The van der Waals surface area contributed by atoms with E-state index in [0.717, 1.165) is 5.75 Å². The second kappa shape index (κ2) is 32.3. The van der Waals surface area contributed by atoms with E-state index in [-0.39, 0.29) is 6.61 Å². The molecule has 0 aromatic heterocycles. The molecule has 1 amide bonds. The smallest absolute Gasteiger partial charge is 0.329 e. The Morgan fingerprint density at radius 1 is 0.500 bits per heavy atom. The summed E-state index contributed by atoms with van der Waals surface area (Å²) in [5.41, 5.74) is 6.34. The summed E-state index contributed by atoms with van der Waals surface area (Å²) < 4.78 is 59.1. The quantitative estimate of drug-likeness (QED) is 0.0649. The van der Waals surface area contributed by atoms with Crippen molar-refractivity contribution >= 4 is 17.6 Å². The highest BCUT2D eigenvalue weighted by Gasteiger charge is 2.03. The molecule has 16 nitrogen and oxygen atoms in total. The fraction of sp³-hybridized carbons (Fsp3) is 0.733. The zero-order valence-electron chi connectivity index (χ0n) is 26.7. The number of carboxylic acid groups (broad SMARTS) is 1. The lowest BCUT2D eigenvalue weighted by molar-refractivity contribution is -0.143. The number of carbonyl (C=O) groups excluding carboxylic acids is 1. The number of hydrogen-bond acceptors (Lipinski definition) is 14. The topological polar surface area (TPSA) is 194 Å². The van der Waals surface area contributed by atoms with Gasteiger partial charge in [-0.3, -0.25) is 4.79 Å². The SMILES string of the molecule is Nc1ccc(OCCOCCOCCOCCOCCOCCOCCOCCOCCOCCNC(=O)COCC(=O)O)cc1. The molecule has 16 heteroatoms. The van der Waals surface area contributed by atoms with Crippen LogP contribution < -0.4 is 15.8 Å². The van der Waals surface area contributed by atoms with Crippen LogP contribution in [0.25, 0.3) is 0 Å². The molecule has 0 atom stereocenters. The molecular weight excluding hydrogens is 612 g/mol. The molecule has 0 unspecified atom stereocenters. The average molecular weight is 665 g/mol. The first kappa shape index (κ1) is 41.4. The number of carbonyl (C=O) groups is 2. The summed E-state index contributed by atoms with van der Waals surface area (Å²) in [5.74, 6) is -0.760. The maximum atomic E-state index is 11.4. The molecule has 4 N–H and O–H groups in total. The van der Waals surface area contributed by atoms with Crippen molar-refractivity contribution in [3.63, 3.8) is 0 Å². The number of rotatable bonds is 35. The van der Waals surface area contributed by atoms with E-state index in [1.54, 1.807) is 12.1 Å². The number of amides is 1. The molecule has 0 bridgehead atoms. The predicted molar refractivity (Wildman–Crippen MR) is 165 cm³/mol. The van der Waals surface area contributed by atoms with E-state index in [0.29, 0.717) is 138 Å². The van der Waals surface area contributed by atoms with Crippen molar-refractivity contribution in [2.24, 2.45) is 0 Å². The van der Waals surface area contributed by atoms with Gasteiger partial charge in [0.05, 0.1) is 119 Å². The number of aliphatic carboxylic acids is 1. The van der Waals surface area contributed by atoms with E-state index in [2.05, 4.69) is 10.1 Å². The monoisotopic (exact) mass is 664 g/mol. The van der Waals surface area contributed by atoms with Gasteiger partial charge in [0.2, 0.25) is 5.91 Å². The van der Waals surface area contributed by atoms with Gasteiger partial charge in [-0.05, 0) is 24.3 Å². The maximum Gasteiger partial charge on any atom is 0.329 e. The summed E-state index contributed by atoms with van der Waals surface area (Å²) in [6.07, 6.45) is 0. The summed E-state index contributed by atoms with van der Waals surface area (Å²) >= 11 is 0. The van der Waals surface area contributed by atoms with Crippen LogP contribution in [0.4, 0.5) is 5.69 Å². The molecule has 0 saturated heterocycles. The summed E-state index contributed by atoms with van der Waals surface area (Å²) in [6.45, 7) is 8.18. The Kier molecular flexibility index (Phi) is 29.1. The third kappa shape index (κ3) is 30.0. The second-order valence-corrected chi connectivity index (χ2v) is 9.17. The highest BCUT2D eigenvalue weighted by atomic mass is 16.6. The molecule has 0 fully saturated rings. The molecule has 0 aliphatic carbocycles. The van der Waals surface area contributed by atoms with E-state index in [1.807, 2.05) is 12.1 Å². The van der Waals surface area contributed by atoms with Crippen LogP contribution in [0, 0.1) is 0 Å².